The summed E-state index contributed by atoms with van der Waals surface area (Å²) in [6, 6.07) is 12.7. The van der Waals surface area contributed by atoms with E-state index in [9.17, 15) is 14.6 Å². The number of fused-ring (bicyclic) bond motifs is 2. The van der Waals surface area contributed by atoms with Crippen LogP contribution in [0.1, 0.15) is 28.4 Å². The highest BCUT2D eigenvalue weighted by molar-refractivity contribution is 6.68. The monoisotopic (exact) mass is 359 g/mol. The Kier molecular flexibility index (Phi) is 4.16. The summed E-state index contributed by atoms with van der Waals surface area (Å²) in [7, 11) is -1.24. The molecule has 7 heteroatoms. The number of benzene rings is 2. The van der Waals surface area contributed by atoms with Gasteiger partial charge in [0.15, 0.2) is 0 Å². The molecule has 3 aromatic rings. The van der Waals surface area contributed by atoms with Crippen molar-refractivity contribution in [3.63, 3.8) is 0 Å². The Labute approximate surface area is 156 Å². The van der Waals surface area contributed by atoms with E-state index in [0.717, 1.165) is 21.6 Å². The molecule has 1 aliphatic heterocycles. The van der Waals surface area contributed by atoms with Crippen LogP contribution in [0.3, 0.4) is 0 Å². The molecular weight excluding hydrogens is 341 g/mol. The van der Waals surface area contributed by atoms with Gasteiger partial charge in [0.05, 0.1) is 11.7 Å². The van der Waals surface area contributed by atoms with Gasteiger partial charge < -0.3 is 9.59 Å². The first-order chi connectivity index (χ1) is 13.0. The normalized spacial score (nSPS) is 13.1. The average Bonchev–Trinajstić information content (AvgIpc) is 2.68. The number of hydrogen-bond donors (Lipinski definition) is 1. The van der Waals surface area contributed by atoms with Crippen molar-refractivity contribution in [2.75, 3.05) is 0 Å². The molecule has 0 saturated heterocycles. The molecule has 1 N–H and O–H groups in total. The molecule has 4 rings (SSSR count). The smallest absolute Gasteiger partial charge is 0.427 e. The summed E-state index contributed by atoms with van der Waals surface area (Å²) >= 11 is 0. The highest BCUT2D eigenvalue weighted by atomic mass is 16.2. The fraction of sp³-hybridized carbons (Fsp3) is 0.150. The molecule has 0 saturated carbocycles. The largest absolute Gasteiger partial charge is 0.474 e. The number of pyridine rings is 1. The third kappa shape index (κ3) is 2.76. The van der Waals surface area contributed by atoms with Gasteiger partial charge in [0.25, 0.3) is 5.91 Å². The van der Waals surface area contributed by atoms with E-state index < -0.39 is 13.0 Å². The molecule has 0 aliphatic carbocycles. The molecule has 6 nitrogen and oxygen atoms in total. The number of aryl methyl sites for hydroxylation is 2. The molecule has 27 heavy (non-hydrogen) atoms. The number of carbonyl (C=O) groups excluding carboxylic acids is 1. The van der Waals surface area contributed by atoms with Gasteiger partial charge in [-0.25, -0.2) is 4.92 Å². The lowest BCUT2D eigenvalue weighted by molar-refractivity contribution is 0.0844. The second-order valence-electron chi connectivity index (χ2n) is 6.58. The minimum Gasteiger partial charge on any atom is -0.427 e. The zero-order valence-corrected chi connectivity index (χ0v) is 15.1. The lowest BCUT2D eigenvalue weighted by atomic mass is 9.69. The van der Waals surface area contributed by atoms with E-state index in [1.807, 2.05) is 42.7 Å². The van der Waals surface area contributed by atoms with Gasteiger partial charge >= 0.3 is 7.05 Å². The predicted octanol–water partition coefficient (Wildman–Crippen LogP) is 1.51. The van der Waals surface area contributed by atoms with Crippen LogP contribution in [0.15, 0.2) is 58.6 Å². The van der Waals surface area contributed by atoms with Crippen LogP contribution < -0.4 is 10.9 Å². The summed E-state index contributed by atoms with van der Waals surface area (Å²) in [6.07, 6.45) is 3.08. The van der Waals surface area contributed by atoms with E-state index >= 15 is 0 Å². The third-order valence-corrected chi connectivity index (χ3v) is 4.84. The van der Waals surface area contributed by atoms with Gasteiger partial charge in [-0.1, -0.05) is 35.9 Å². The lowest BCUT2D eigenvalue weighted by Crippen LogP contribution is -2.53. The highest BCUT2D eigenvalue weighted by Crippen LogP contribution is 2.15. The predicted molar refractivity (Wildman–Crippen MR) is 106 cm³/mol. The van der Waals surface area contributed by atoms with Gasteiger partial charge in [0.1, 0.15) is 5.56 Å². The first-order valence-corrected chi connectivity index (χ1v) is 8.79. The zero-order valence-electron chi connectivity index (χ0n) is 15.1. The summed E-state index contributed by atoms with van der Waals surface area (Å²) in [5.41, 5.74) is 2.77. The first-order valence-electron chi connectivity index (χ1n) is 8.79. The molecule has 0 radical (unpaired) electrons. The highest BCUT2D eigenvalue weighted by Gasteiger charge is 2.35. The van der Waals surface area contributed by atoms with Crippen LogP contribution in [0.25, 0.3) is 10.9 Å². The number of rotatable bonds is 2. The minimum atomic E-state index is -1.24. The van der Waals surface area contributed by atoms with E-state index in [2.05, 4.69) is 5.10 Å². The van der Waals surface area contributed by atoms with Crippen molar-refractivity contribution < 1.29 is 9.82 Å². The third-order valence-electron chi connectivity index (χ3n) is 4.84. The Hall–Kier alpha value is -3.19. The summed E-state index contributed by atoms with van der Waals surface area (Å²) in [6.45, 7) is 4.49. The maximum Gasteiger partial charge on any atom is 0.474 e. The van der Waals surface area contributed by atoms with Gasteiger partial charge in [-0.3, -0.25) is 9.59 Å². The standard InChI is InChI=1S/C20H18BN3O3/c1-3-23-12-16(19(25)15-6-4-5-7-18(15)23)20(26)24-21(27)17-9-8-13(2)10-14(17)11-22-24/h4-12,27H,3H2,1-2H3. The van der Waals surface area contributed by atoms with Gasteiger partial charge in [0, 0.05) is 18.1 Å². The first kappa shape index (κ1) is 17.2. The summed E-state index contributed by atoms with van der Waals surface area (Å²) in [4.78, 5) is 26.9. The molecule has 0 spiro atoms. The molecule has 0 atom stereocenters. The van der Waals surface area contributed by atoms with Gasteiger partial charge in [-0.15, -0.1) is 0 Å². The van der Waals surface area contributed by atoms with Gasteiger partial charge in [0.2, 0.25) is 5.43 Å². The molecule has 2 aromatic carbocycles. The number of hydrazone groups is 1. The van der Waals surface area contributed by atoms with Crippen molar-refractivity contribution in [1.82, 2.24) is 9.49 Å². The summed E-state index contributed by atoms with van der Waals surface area (Å²) in [5.74, 6) is -0.622. The van der Waals surface area contributed by atoms with E-state index in [0.29, 0.717) is 17.4 Å². The van der Waals surface area contributed by atoms with E-state index in [4.69, 9.17) is 0 Å². The Bertz CT molecular complexity index is 1150. The Balaban J connectivity index is 1.81. The van der Waals surface area contributed by atoms with E-state index in [-0.39, 0.29) is 11.0 Å². The zero-order chi connectivity index (χ0) is 19.1. The van der Waals surface area contributed by atoms with Crippen LogP contribution in [-0.4, -0.2) is 33.7 Å². The maximum atomic E-state index is 13.1. The van der Waals surface area contributed by atoms with Crippen molar-refractivity contribution in [3.8, 4) is 0 Å². The molecule has 1 amide bonds. The second kappa shape index (κ2) is 6.52. The summed E-state index contributed by atoms with van der Waals surface area (Å²) in [5, 5.41) is 15.2. The van der Waals surface area contributed by atoms with E-state index in [1.165, 1.54) is 6.21 Å². The minimum absolute atomic E-state index is 0.0117. The maximum absolute atomic E-state index is 13.1. The topological polar surface area (TPSA) is 74.9 Å². The molecule has 2 heterocycles. The molecule has 1 aromatic heterocycles. The van der Waals surface area contributed by atoms with Crippen LogP contribution in [0, 0.1) is 6.92 Å². The molecular formula is C20H18BN3O3. The molecule has 134 valence electrons. The molecule has 0 fully saturated rings. The number of amides is 1. The van der Waals surface area contributed by atoms with Gasteiger partial charge in [-0.05, 0) is 37.0 Å². The number of nitrogens with zero attached hydrogens (tertiary/aromatic N) is 3. The Morgan fingerprint density at radius 3 is 2.78 bits per heavy atom. The van der Waals surface area contributed by atoms with Crippen LogP contribution in [-0.2, 0) is 6.54 Å². The van der Waals surface area contributed by atoms with E-state index in [1.54, 1.807) is 24.4 Å². The molecule has 1 aliphatic rings. The molecule has 0 bridgehead atoms. The van der Waals surface area contributed by atoms with Crippen molar-refractivity contribution in [3.05, 3.63) is 75.6 Å². The summed E-state index contributed by atoms with van der Waals surface area (Å²) < 4.78 is 1.85. The second-order valence-corrected chi connectivity index (χ2v) is 6.58. The Morgan fingerprint density at radius 1 is 1.22 bits per heavy atom. The van der Waals surface area contributed by atoms with Crippen LogP contribution >= 0.6 is 0 Å². The van der Waals surface area contributed by atoms with Crippen LogP contribution in [0.2, 0.25) is 0 Å². The van der Waals surface area contributed by atoms with Crippen molar-refractivity contribution in [2.24, 2.45) is 5.10 Å². The number of para-hydroxylation sites is 1. The fourth-order valence-corrected chi connectivity index (χ4v) is 3.41. The number of hydrogen-bond acceptors (Lipinski definition) is 4. The van der Waals surface area contributed by atoms with Gasteiger partial charge in [-0.2, -0.15) is 5.10 Å². The van der Waals surface area contributed by atoms with Crippen LogP contribution in [0.4, 0.5) is 0 Å². The lowest BCUT2D eigenvalue weighted by Gasteiger charge is -2.25. The number of aromatic nitrogens is 1. The fourth-order valence-electron chi connectivity index (χ4n) is 3.41. The van der Waals surface area contributed by atoms with Crippen molar-refractivity contribution in [2.45, 2.75) is 20.4 Å². The molecule has 0 unspecified atom stereocenters. The quantitative estimate of drug-likeness (QED) is 0.705. The van der Waals surface area contributed by atoms with Crippen LogP contribution in [0.5, 0.6) is 0 Å². The average molecular weight is 359 g/mol. The Morgan fingerprint density at radius 2 is 2.00 bits per heavy atom. The SMILES string of the molecule is CCn1cc(C(=O)N2N=Cc3cc(C)ccc3B2O)c(=O)c2ccccc21. The van der Waals surface area contributed by atoms with Crippen molar-refractivity contribution >= 4 is 35.5 Å². The number of carbonyl (C=O) groups is 1. The van der Waals surface area contributed by atoms with Crippen molar-refractivity contribution in [1.29, 1.82) is 0 Å².